The van der Waals surface area contributed by atoms with Crippen LogP contribution in [0.15, 0.2) is 42.5 Å². The number of halogens is 1. The fraction of sp³-hybridized carbons (Fsp3) is 0. The van der Waals surface area contributed by atoms with Gasteiger partial charge in [0.05, 0.1) is 5.56 Å². The zero-order valence-electron chi connectivity index (χ0n) is 9.63. The van der Waals surface area contributed by atoms with Gasteiger partial charge in [-0.1, -0.05) is 12.1 Å². The molecule has 0 radical (unpaired) electrons. The van der Waals surface area contributed by atoms with Crippen LogP contribution in [0, 0.1) is 17.1 Å². The molecule has 5 heteroatoms. The first-order valence-corrected chi connectivity index (χ1v) is 5.31. The first-order valence-electron chi connectivity index (χ1n) is 5.31. The van der Waals surface area contributed by atoms with Crippen molar-refractivity contribution in [3.05, 3.63) is 59.4 Å². The lowest BCUT2D eigenvalue weighted by Crippen LogP contribution is -2.00. The van der Waals surface area contributed by atoms with E-state index in [0.717, 1.165) is 12.1 Å². The van der Waals surface area contributed by atoms with Gasteiger partial charge < -0.3 is 9.84 Å². The first kappa shape index (κ1) is 12.6. The molecule has 0 bridgehead atoms. The normalized spacial score (nSPS) is 9.68. The number of carbonyl (C=O) groups is 1. The van der Waals surface area contributed by atoms with Gasteiger partial charge in [0.25, 0.3) is 0 Å². The van der Waals surface area contributed by atoms with E-state index in [2.05, 4.69) is 0 Å². The van der Waals surface area contributed by atoms with Crippen LogP contribution < -0.4 is 4.74 Å². The minimum absolute atomic E-state index is 0.000178. The molecule has 0 aliphatic carbocycles. The Labute approximate surface area is 108 Å². The average Bonchev–Trinajstić information content (AvgIpc) is 2.41. The first-order chi connectivity index (χ1) is 9.11. The van der Waals surface area contributed by atoms with Gasteiger partial charge in [0.15, 0.2) is 0 Å². The average molecular weight is 257 g/mol. The monoisotopic (exact) mass is 257 g/mol. The summed E-state index contributed by atoms with van der Waals surface area (Å²) in [7, 11) is 0. The molecule has 2 aromatic rings. The summed E-state index contributed by atoms with van der Waals surface area (Å²) in [6.07, 6.45) is 0. The number of rotatable bonds is 3. The molecule has 0 fully saturated rings. The van der Waals surface area contributed by atoms with Gasteiger partial charge in [-0.05, 0) is 30.3 Å². The Morgan fingerprint density at radius 3 is 2.63 bits per heavy atom. The molecule has 2 rings (SSSR count). The van der Waals surface area contributed by atoms with Crippen molar-refractivity contribution < 1.29 is 19.0 Å². The van der Waals surface area contributed by atoms with Crippen molar-refractivity contribution in [1.82, 2.24) is 0 Å². The molecule has 2 aromatic carbocycles. The molecule has 0 aliphatic heterocycles. The molecular weight excluding hydrogens is 249 g/mol. The van der Waals surface area contributed by atoms with E-state index in [1.54, 1.807) is 18.2 Å². The predicted molar refractivity (Wildman–Crippen MR) is 64.6 cm³/mol. The number of aromatic carboxylic acids is 1. The maximum absolute atomic E-state index is 13.0. The van der Waals surface area contributed by atoms with Crippen molar-refractivity contribution >= 4 is 5.97 Å². The van der Waals surface area contributed by atoms with Crippen LogP contribution in [-0.4, -0.2) is 11.1 Å². The summed E-state index contributed by atoms with van der Waals surface area (Å²) in [5.41, 5.74) is -0.0316. The lowest BCUT2D eigenvalue weighted by molar-refractivity contribution is 0.0694. The molecule has 19 heavy (non-hydrogen) atoms. The molecular formula is C14H8FNO3. The molecule has 0 atom stereocenters. The lowest BCUT2D eigenvalue weighted by atomic mass is 10.2. The van der Waals surface area contributed by atoms with E-state index >= 15 is 0 Å². The van der Waals surface area contributed by atoms with Crippen LogP contribution >= 0.6 is 0 Å². The summed E-state index contributed by atoms with van der Waals surface area (Å²) in [5, 5.41) is 17.9. The molecule has 94 valence electrons. The number of carboxylic acids is 1. The van der Waals surface area contributed by atoms with E-state index in [-0.39, 0.29) is 22.6 Å². The molecule has 0 saturated carbocycles. The third-order valence-corrected chi connectivity index (χ3v) is 2.40. The minimum atomic E-state index is -1.14. The Morgan fingerprint density at radius 2 is 1.95 bits per heavy atom. The Hall–Kier alpha value is -2.87. The number of carboxylic acid groups (broad SMARTS) is 1. The molecule has 0 unspecified atom stereocenters. The zero-order chi connectivity index (χ0) is 13.8. The largest absolute Gasteiger partial charge is 0.478 e. The van der Waals surface area contributed by atoms with Gasteiger partial charge in [0.1, 0.15) is 28.9 Å². The van der Waals surface area contributed by atoms with Crippen LogP contribution in [0.2, 0.25) is 0 Å². The van der Waals surface area contributed by atoms with Crippen LogP contribution in [-0.2, 0) is 0 Å². The topological polar surface area (TPSA) is 70.3 Å². The Morgan fingerprint density at radius 1 is 1.21 bits per heavy atom. The van der Waals surface area contributed by atoms with Crippen LogP contribution in [0.5, 0.6) is 11.5 Å². The van der Waals surface area contributed by atoms with Crippen LogP contribution in [0.4, 0.5) is 4.39 Å². The molecule has 0 aliphatic rings. The smallest absolute Gasteiger partial charge is 0.339 e. The third-order valence-electron chi connectivity index (χ3n) is 2.40. The standard InChI is InChI=1S/C14H8FNO3/c15-10-5-6-12(9(7-10)8-16)19-13-4-2-1-3-11(13)14(17)18/h1-7H,(H,17,18). The second-order valence-electron chi connectivity index (χ2n) is 3.66. The van der Waals surface area contributed by atoms with E-state index in [1.807, 2.05) is 0 Å². The van der Waals surface area contributed by atoms with E-state index in [9.17, 15) is 9.18 Å². The fourth-order valence-electron chi connectivity index (χ4n) is 1.53. The number of nitrogens with zero attached hydrogens (tertiary/aromatic N) is 1. The van der Waals surface area contributed by atoms with Crippen LogP contribution in [0.3, 0.4) is 0 Å². The van der Waals surface area contributed by atoms with Crippen molar-refractivity contribution in [3.8, 4) is 17.6 Å². The maximum atomic E-state index is 13.0. The summed E-state index contributed by atoms with van der Waals surface area (Å²) in [4.78, 5) is 11.0. The predicted octanol–water partition coefficient (Wildman–Crippen LogP) is 3.19. The minimum Gasteiger partial charge on any atom is -0.478 e. The zero-order valence-corrected chi connectivity index (χ0v) is 9.63. The third kappa shape index (κ3) is 2.69. The fourth-order valence-corrected chi connectivity index (χ4v) is 1.53. The summed E-state index contributed by atoms with van der Waals surface area (Å²) in [6.45, 7) is 0. The number of benzene rings is 2. The van der Waals surface area contributed by atoms with Gasteiger partial charge in [-0.3, -0.25) is 0 Å². The maximum Gasteiger partial charge on any atom is 0.339 e. The van der Waals surface area contributed by atoms with Gasteiger partial charge >= 0.3 is 5.97 Å². The number of hydrogen-bond donors (Lipinski definition) is 1. The summed E-state index contributed by atoms with van der Waals surface area (Å²) in [6, 6.07) is 11.3. The Bertz CT molecular complexity index is 677. The highest BCUT2D eigenvalue weighted by Gasteiger charge is 2.13. The van der Waals surface area contributed by atoms with Gasteiger partial charge in [0.2, 0.25) is 0 Å². The SMILES string of the molecule is N#Cc1cc(F)ccc1Oc1ccccc1C(=O)O. The highest BCUT2D eigenvalue weighted by Crippen LogP contribution is 2.28. The quantitative estimate of drug-likeness (QED) is 0.916. The molecule has 0 aromatic heterocycles. The number of hydrogen-bond acceptors (Lipinski definition) is 3. The summed E-state index contributed by atoms with van der Waals surface area (Å²) < 4.78 is 18.4. The summed E-state index contributed by atoms with van der Waals surface area (Å²) in [5.74, 6) is -1.50. The second kappa shape index (κ2) is 5.19. The van der Waals surface area contributed by atoms with Crippen molar-refractivity contribution in [2.75, 3.05) is 0 Å². The van der Waals surface area contributed by atoms with E-state index < -0.39 is 11.8 Å². The van der Waals surface area contributed by atoms with Crippen molar-refractivity contribution in [2.45, 2.75) is 0 Å². The van der Waals surface area contributed by atoms with Crippen LogP contribution in [0.1, 0.15) is 15.9 Å². The Kier molecular flexibility index (Phi) is 3.44. The van der Waals surface area contributed by atoms with Gasteiger partial charge in [-0.15, -0.1) is 0 Å². The molecule has 0 heterocycles. The molecule has 4 nitrogen and oxygen atoms in total. The molecule has 0 amide bonds. The highest BCUT2D eigenvalue weighted by atomic mass is 19.1. The van der Waals surface area contributed by atoms with E-state index in [0.29, 0.717) is 0 Å². The van der Waals surface area contributed by atoms with Crippen LogP contribution in [0.25, 0.3) is 0 Å². The van der Waals surface area contributed by atoms with Crippen molar-refractivity contribution in [2.24, 2.45) is 0 Å². The number of nitriles is 1. The highest BCUT2D eigenvalue weighted by molar-refractivity contribution is 5.90. The molecule has 0 spiro atoms. The van der Waals surface area contributed by atoms with Gasteiger partial charge in [-0.25, -0.2) is 9.18 Å². The van der Waals surface area contributed by atoms with Crippen molar-refractivity contribution in [3.63, 3.8) is 0 Å². The second-order valence-corrected chi connectivity index (χ2v) is 3.66. The lowest BCUT2D eigenvalue weighted by Gasteiger charge is -2.09. The molecule has 1 N–H and O–H groups in total. The molecule has 0 saturated heterocycles. The number of ether oxygens (including phenoxy) is 1. The van der Waals surface area contributed by atoms with Gasteiger partial charge in [-0.2, -0.15) is 5.26 Å². The number of para-hydroxylation sites is 1. The van der Waals surface area contributed by atoms with Crippen molar-refractivity contribution in [1.29, 1.82) is 5.26 Å². The van der Waals surface area contributed by atoms with E-state index in [4.69, 9.17) is 15.1 Å². The van der Waals surface area contributed by atoms with Gasteiger partial charge in [0, 0.05) is 0 Å². The Balaban J connectivity index is 2.43. The summed E-state index contributed by atoms with van der Waals surface area (Å²) >= 11 is 0. The van der Waals surface area contributed by atoms with E-state index in [1.165, 1.54) is 18.2 Å².